The minimum atomic E-state index is -0.767. The van der Waals surface area contributed by atoms with Crippen molar-refractivity contribution < 1.29 is 14.7 Å². The summed E-state index contributed by atoms with van der Waals surface area (Å²) in [5.41, 5.74) is 1.43. The molecule has 5 nitrogen and oxygen atoms in total. The Morgan fingerprint density at radius 2 is 1.90 bits per heavy atom. The monoisotopic (exact) mass is 284 g/mol. The molecule has 1 amide bonds. The zero-order valence-corrected chi connectivity index (χ0v) is 11.5. The van der Waals surface area contributed by atoms with E-state index in [2.05, 4.69) is 4.98 Å². The molecule has 5 heteroatoms. The number of hydrogen-bond donors (Lipinski definition) is 1. The number of carboxylic acids is 1. The fraction of sp³-hybridized carbons (Fsp3) is 0.312. The first-order valence-electron chi connectivity index (χ1n) is 7.02. The van der Waals surface area contributed by atoms with Gasteiger partial charge in [-0.3, -0.25) is 14.6 Å². The number of carbonyl (C=O) groups is 2. The predicted octanol–water partition coefficient (Wildman–Crippen LogP) is 2.17. The predicted molar refractivity (Wildman–Crippen MR) is 78.0 cm³/mol. The summed E-state index contributed by atoms with van der Waals surface area (Å²) in [6.07, 6.45) is 2.74. The van der Waals surface area contributed by atoms with Gasteiger partial charge in [-0.2, -0.15) is 0 Å². The van der Waals surface area contributed by atoms with Gasteiger partial charge in [-0.25, -0.2) is 0 Å². The van der Waals surface area contributed by atoms with Gasteiger partial charge in [-0.05, 0) is 31.0 Å². The maximum absolute atomic E-state index is 12.6. The van der Waals surface area contributed by atoms with Crippen LogP contribution in [-0.4, -0.2) is 40.0 Å². The van der Waals surface area contributed by atoms with Gasteiger partial charge in [0.2, 0.25) is 0 Å². The minimum absolute atomic E-state index is 0.0440. The van der Waals surface area contributed by atoms with E-state index in [0.29, 0.717) is 31.5 Å². The first kappa shape index (κ1) is 13.5. The van der Waals surface area contributed by atoms with Crippen LogP contribution in [0.4, 0.5) is 0 Å². The van der Waals surface area contributed by atoms with Crippen molar-refractivity contribution in [1.29, 1.82) is 0 Å². The van der Waals surface area contributed by atoms with E-state index < -0.39 is 5.97 Å². The maximum Gasteiger partial charge on any atom is 0.306 e. The van der Waals surface area contributed by atoms with Gasteiger partial charge in [0.1, 0.15) is 0 Å². The summed E-state index contributed by atoms with van der Waals surface area (Å²) >= 11 is 0. The van der Waals surface area contributed by atoms with Gasteiger partial charge >= 0.3 is 5.97 Å². The van der Waals surface area contributed by atoms with Crippen LogP contribution in [0.1, 0.15) is 23.2 Å². The van der Waals surface area contributed by atoms with Gasteiger partial charge in [-0.1, -0.05) is 12.1 Å². The topological polar surface area (TPSA) is 70.5 Å². The van der Waals surface area contributed by atoms with E-state index >= 15 is 0 Å². The number of likely N-dealkylation sites (tertiary alicyclic amines) is 1. The number of rotatable bonds is 2. The molecule has 0 saturated carbocycles. The Morgan fingerprint density at radius 3 is 2.62 bits per heavy atom. The summed E-state index contributed by atoms with van der Waals surface area (Å²) in [4.78, 5) is 29.6. The molecule has 1 fully saturated rings. The molecule has 3 rings (SSSR count). The van der Waals surface area contributed by atoms with Crippen LogP contribution in [0.5, 0.6) is 0 Å². The van der Waals surface area contributed by atoms with Crippen LogP contribution in [0.15, 0.2) is 36.5 Å². The third-order valence-electron chi connectivity index (χ3n) is 4.01. The number of carboxylic acid groups (broad SMARTS) is 1. The quantitative estimate of drug-likeness (QED) is 0.917. The Labute approximate surface area is 122 Å². The van der Waals surface area contributed by atoms with Gasteiger partial charge in [0.15, 0.2) is 0 Å². The molecule has 21 heavy (non-hydrogen) atoms. The molecular formula is C16H16N2O3. The Kier molecular flexibility index (Phi) is 3.56. The van der Waals surface area contributed by atoms with E-state index in [1.165, 1.54) is 0 Å². The van der Waals surface area contributed by atoms with E-state index in [4.69, 9.17) is 5.11 Å². The first-order valence-corrected chi connectivity index (χ1v) is 7.02. The Bertz CT molecular complexity index is 685. The average molecular weight is 284 g/mol. The number of aliphatic carboxylic acids is 1. The van der Waals surface area contributed by atoms with Crippen molar-refractivity contribution in [2.75, 3.05) is 13.1 Å². The lowest BCUT2D eigenvalue weighted by atomic mass is 9.96. The second-order valence-corrected chi connectivity index (χ2v) is 5.28. The summed E-state index contributed by atoms with van der Waals surface area (Å²) in [6, 6.07) is 9.21. The molecule has 0 atom stereocenters. The smallest absolute Gasteiger partial charge is 0.306 e. The van der Waals surface area contributed by atoms with E-state index in [0.717, 1.165) is 10.9 Å². The average Bonchev–Trinajstić information content (AvgIpc) is 2.53. The second kappa shape index (κ2) is 5.52. The normalized spacial score (nSPS) is 16.1. The molecule has 1 aliphatic rings. The third kappa shape index (κ3) is 2.59. The molecule has 0 bridgehead atoms. The Morgan fingerprint density at radius 1 is 1.14 bits per heavy atom. The molecule has 1 saturated heterocycles. The lowest BCUT2D eigenvalue weighted by molar-refractivity contribution is -0.143. The fourth-order valence-corrected chi connectivity index (χ4v) is 2.79. The number of carbonyl (C=O) groups excluding carboxylic acids is 1. The highest BCUT2D eigenvalue weighted by Crippen LogP contribution is 2.22. The van der Waals surface area contributed by atoms with Crippen LogP contribution < -0.4 is 0 Å². The van der Waals surface area contributed by atoms with Crippen molar-refractivity contribution in [1.82, 2.24) is 9.88 Å². The van der Waals surface area contributed by atoms with Crippen molar-refractivity contribution in [2.45, 2.75) is 12.8 Å². The fourth-order valence-electron chi connectivity index (χ4n) is 2.79. The number of piperidine rings is 1. The largest absolute Gasteiger partial charge is 0.481 e. The highest BCUT2D eigenvalue weighted by molar-refractivity contribution is 6.06. The number of aromatic nitrogens is 1. The molecule has 2 heterocycles. The third-order valence-corrected chi connectivity index (χ3v) is 4.01. The van der Waals surface area contributed by atoms with Crippen molar-refractivity contribution in [2.24, 2.45) is 5.92 Å². The standard InChI is InChI=1S/C16H16N2O3/c19-15(18-9-6-11(7-10-18)16(20)21)13-3-1-5-14-12(13)4-2-8-17-14/h1-5,8,11H,6-7,9-10H2,(H,20,21). The second-order valence-electron chi connectivity index (χ2n) is 5.28. The molecule has 1 aromatic carbocycles. The molecule has 0 spiro atoms. The highest BCUT2D eigenvalue weighted by atomic mass is 16.4. The van der Waals surface area contributed by atoms with E-state index in [1.54, 1.807) is 17.2 Å². The molecule has 108 valence electrons. The molecular weight excluding hydrogens is 268 g/mol. The van der Waals surface area contributed by atoms with Gasteiger partial charge in [0.25, 0.3) is 5.91 Å². The summed E-state index contributed by atoms with van der Waals surface area (Å²) < 4.78 is 0. The molecule has 0 radical (unpaired) electrons. The van der Waals surface area contributed by atoms with Crippen LogP contribution in [0.2, 0.25) is 0 Å². The summed E-state index contributed by atoms with van der Waals surface area (Å²) in [7, 11) is 0. The number of pyridine rings is 1. The molecule has 2 aromatic rings. The Balaban J connectivity index is 1.84. The number of fused-ring (bicyclic) bond motifs is 1. The molecule has 0 aliphatic carbocycles. The molecule has 1 aliphatic heterocycles. The first-order chi connectivity index (χ1) is 10.2. The maximum atomic E-state index is 12.6. The van der Waals surface area contributed by atoms with Crippen LogP contribution in [0, 0.1) is 5.92 Å². The molecule has 1 aromatic heterocycles. The number of amides is 1. The van der Waals surface area contributed by atoms with Crippen LogP contribution >= 0.6 is 0 Å². The lowest BCUT2D eigenvalue weighted by Crippen LogP contribution is -2.40. The number of hydrogen-bond acceptors (Lipinski definition) is 3. The van der Waals surface area contributed by atoms with Crippen LogP contribution in [-0.2, 0) is 4.79 Å². The lowest BCUT2D eigenvalue weighted by Gasteiger charge is -2.30. The van der Waals surface area contributed by atoms with E-state index in [1.807, 2.05) is 24.3 Å². The van der Waals surface area contributed by atoms with Crippen molar-refractivity contribution in [3.63, 3.8) is 0 Å². The molecule has 0 unspecified atom stereocenters. The minimum Gasteiger partial charge on any atom is -0.481 e. The van der Waals surface area contributed by atoms with Crippen LogP contribution in [0.3, 0.4) is 0 Å². The van der Waals surface area contributed by atoms with E-state index in [-0.39, 0.29) is 11.8 Å². The zero-order chi connectivity index (χ0) is 14.8. The summed E-state index contributed by atoms with van der Waals surface area (Å²) in [6.45, 7) is 0.985. The SMILES string of the molecule is O=C(O)C1CCN(C(=O)c2cccc3ncccc23)CC1. The number of benzene rings is 1. The van der Waals surface area contributed by atoms with Gasteiger partial charge in [0.05, 0.1) is 11.4 Å². The van der Waals surface area contributed by atoms with E-state index in [9.17, 15) is 9.59 Å². The number of nitrogens with zero attached hydrogens (tertiary/aromatic N) is 2. The van der Waals surface area contributed by atoms with Gasteiger partial charge in [0, 0.05) is 30.2 Å². The van der Waals surface area contributed by atoms with Crippen molar-refractivity contribution >= 4 is 22.8 Å². The van der Waals surface area contributed by atoms with Crippen molar-refractivity contribution in [3.8, 4) is 0 Å². The van der Waals surface area contributed by atoms with Crippen molar-refractivity contribution in [3.05, 3.63) is 42.1 Å². The summed E-state index contributed by atoms with van der Waals surface area (Å²) in [5.74, 6) is -1.14. The van der Waals surface area contributed by atoms with Gasteiger partial charge in [-0.15, -0.1) is 0 Å². The summed E-state index contributed by atoms with van der Waals surface area (Å²) in [5, 5.41) is 9.85. The molecule has 1 N–H and O–H groups in total. The highest BCUT2D eigenvalue weighted by Gasteiger charge is 2.28. The zero-order valence-electron chi connectivity index (χ0n) is 11.5. The van der Waals surface area contributed by atoms with Gasteiger partial charge < -0.3 is 10.0 Å². The Hall–Kier alpha value is -2.43. The van der Waals surface area contributed by atoms with Crippen LogP contribution in [0.25, 0.3) is 10.9 Å².